The molecule has 176 valence electrons. The Labute approximate surface area is 189 Å². The van der Waals surface area contributed by atoms with Gasteiger partial charge in [0.1, 0.15) is 11.4 Å². The second-order valence-corrected chi connectivity index (χ2v) is 8.87. The van der Waals surface area contributed by atoms with Crippen LogP contribution in [0.2, 0.25) is 0 Å². The fourth-order valence-corrected chi connectivity index (χ4v) is 5.10. The minimum Gasteiger partial charge on any atom is -0.452 e. The van der Waals surface area contributed by atoms with Crippen LogP contribution >= 0.6 is 0 Å². The van der Waals surface area contributed by atoms with Crippen LogP contribution in [0.1, 0.15) is 48.5 Å². The van der Waals surface area contributed by atoms with Crippen molar-refractivity contribution in [2.45, 2.75) is 44.8 Å². The molecule has 2 aliphatic carbocycles. The van der Waals surface area contributed by atoms with Crippen molar-refractivity contribution in [2.24, 2.45) is 17.8 Å². The smallest absolute Gasteiger partial charge is 0.416 e. The Balaban J connectivity index is 1.35. The Kier molecular flexibility index (Phi) is 6.58. The van der Waals surface area contributed by atoms with E-state index in [4.69, 9.17) is 4.74 Å². The largest absolute Gasteiger partial charge is 0.452 e. The van der Waals surface area contributed by atoms with Crippen molar-refractivity contribution in [3.63, 3.8) is 0 Å². The highest BCUT2D eigenvalue weighted by Gasteiger charge is 2.42. The number of pyridine rings is 1. The third kappa shape index (κ3) is 5.46. The number of nitrogens with one attached hydrogen (secondary N) is 2. The highest BCUT2D eigenvalue weighted by Crippen LogP contribution is 2.49. The van der Waals surface area contributed by atoms with E-state index in [0.29, 0.717) is 11.8 Å². The average Bonchev–Trinajstić information content (AvgIpc) is 3.41. The van der Waals surface area contributed by atoms with E-state index in [0.717, 1.165) is 24.5 Å². The van der Waals surface area contributed by atoms with Gasteiger partial charge >= 0.3 is 12.1 Å². The maximum Gasteiger partial charge on any atom is 0.416 e. The second kappa shape index (κ2) is 9.41. The Morgan fingerprint density at radius 1 is 1.18 bits per heavy atom. The molecule has 1 aromatic heterocycles. The topological polar surface area (TPSA) is 80.3 Å². The summed E-state index contributed by atoms with van der Waals surface area (Å²) in [6.45, 7) is 1.55. The van der Waals surface area contributed by atoms with E-state index in [1.165, 1.54) is 49.7 Å². The van der Waals surface area contributed by atoms with Crippen molar-refractivity contribution in [2.75, 3.05) is 11.9 Å². The predicted octanol–water partition coefficient (Wildman–Crippen LogP) is 4.94. The number of halogens is 3. The zero-order chi connectivity index (χ0) is 23.6. The number of ether oxygens (including phenoxy) is 1. The van der Waals surface area contributed by atoms with Crippen LogP contribution in [0.5, 0.6) is 0 Å². The van der Waals surface area contributed by atoms with E-state index in [-0.39, 0.29) is 29.0 Å². The number of carbonyl (C=O) groups is 2. The fraction of sp³-hybridized carbons (Fsp3) is 0.458. The van der Waals surface area contributed by atoms with Crippen molar-refractivity contribution >= 4 is 23.4 Å². The molecule has 0 unspecified atom stereocenters. The lowest BCUT2D eigenvalue weighted by Crippen LogP contribution is -2.42. The van der Waals surface area contributed by atoms with Gasteiger partial charge in [0.05, 0.1) is 5.56 Å². The second-order valence-electron chi connectivity index (χ2n) is 8.87. The first-order valence-corrected chi connectivity index (χ1v) is 11.1. The van der Waals surface area contributed by atoms with Crippen molar-refractivity contribution in [1.29, 1.82) is 0 Å². The van der Waals surface area contributed by atoms with Crippen molar-refractivity contribution in [3.05, 3.63) is 53.7 Å². The number of aromatic nitrogens is 1. The fourth-order valence-electron chi connectivity index (χ4n) is 5.10. The molecule has 2 fully saturated rings. The van der Waals surface area contributed by atoms with E-state index in [2.05, 4.69) is 15.6 Å². The molecule has 2 aliphatic rings. The summed E-state index contributed by atoms with van der Waals surface area (Å²) in [5, 5.41) is 5.66. The van der Waals surface area contributed by atoms with E-state index >= 15 is 0 Å². The van der Waals surface area contributed by atoms with Gasteiger partial charge in [0.15, 0.2) is 6.61 Å². The minimum absolute atomic E-state index is 0.0167. The first-order valence-electron chi connectivity index (χ1n) is 11.1. The molecule has 2 bridgehead atoms. The summed E-state index contributed by atoms with van der Waals surface area (Å²) in [7, 11) is 0. The molecule has 2 saturated carbocycles. The van der Waals surface area contributed by atoms with Crippen LogP contribution in [0.25, 0.3) is 0 Å². The van der Waals surface area contributed by atoms with Crippen LogP contribution in [0.4, 0.5) is 24.7 Å². The number of amides is 1. The quantitative estimate of drug-likeness (QED) is 0.571. The van der Waals surface area contributed by atoms with Crippen LogP contribution in [0.3, 0.4) is 0 Å². The third-order valence-electron chi connectivity index (χ3n) is 6.64. The Hall–Kier alpha value is -3.10. The highest BCUT2D eigenvalue weighted by atomic mass is 19.4. The van der Waals surface area contributed by atoms with Crippen LogP contribution < -0.4 is 10.6 Å². The summed E-state index contributed by atoms with van der Waals surface area (Å²) in [5.74, 6) is 0.760. The summed E-state index contributed by atoms with van der Waals surface area (Å²) in [6, 6.07) is 7.52. The summed E-state index contributed by atoms with van der Waals surface area (Å²) >= 11 is 0. The first kappa shape index (κ1) is 23.1. The lowest BCUT2D eigenvalue weighted by molar-refractivity contribution is -0.137. The molecule has 2 aromatic rings. The number of benzene rings is 1. The number of hydrogen-bond acceptors (Lipinski definition) is 5. The van der Waals surface area contributed by atoms with Gasteiger partial charge in [0, 0.05) is 17.9 Å². The lowest BCUT2D eigenvalue weighted by Gasteiger charge is -2.28. The van der Waals surface area contributed by atoms with E-state index in [1.54, 1.807) is 0 Å². The summed E-state index contributed by atoms with van der Waals surface area (Å²) in [5.41, 5.74) is -0.687. The Bertz CT molecular complexity index is 1030. The maximum atomic E-state index is 13.0. The lowest BCUT2D eigenvalue weighted by atomic mass is 9.84. The van der Waals surface area contributed by atoms with Gasteiger partial charge in [-0.3, -0.25) is 4.79 Å². The van der Waals surface area contributed by atoms with Crippen molar-refractivity contribution in [3.8, 4) is 0 Å². The molecular weight excluding hydrogens is 435 g/mol. The maximum absolute atomic E-state index is 13.0. The molecular formula is C24H26F3N3O3. The zero-order valence-electron chi connectivity index (χ0n) is 18.2. The molecule has 1 aromatic carbocycles. The van der Waals surface area contributed by atoms with Crippen LogP contribution in [-0.2, 0) is 15.7 Å². The molecule has 4 rings (SSSR count). The number of anilines is 2. The van der Waals surface area contributed by atoms with Gasteiger partial charge in [-0.15, -0.1) is 0 Å². The van der Waals surface area contributed by atoms with Crippen LogP contribution in [-0.4, -0.2) is 29.5 Å². The van der Waals surface area contributed by atoms with Crippen LogP contribution in [0.15, 0.2) is 42.6 Å². The summed E-state index contributed by atoms with van der Waals surface area (Å²) in [4.78, 5) is 28.9. The number of alkyl halides is 3. The van der Waals surface area contributed by atoms with Gasteiger partial charge in [0.2, 0.25) is 0 Å². The summed E-state index contributed by atoms with van der Waals surface area (Å²) in [6.07, 6.45) is 1.77. The standard InChI is InChI=1S/C24H26F3N3O3/c1-14(20-11-15-7-8-16(20)10-15)29-21(31)13-33-23(32)19-6-3-9-28-22(19)30-18-5-2-4-17(12-18)24(25,26)27/h2-6,9,12,14-16,20H,7-8,10-11,13H2,1H3,(H,28,30)(H,29,31)/t14-,15+,16+,20-/m0/s1. The zero-order valence-corrected chi connectivity index (χ0v) is 18.2. The van der Waals surface area contributed by atoms with Gasteiger partial charge in [-0.2, -0.15) is 13.2 Å². The molecule has 0 spiro atoms. The molecule has 6 nitrogen and oxygen atoms in total. The van der Waals surface area contributed by atoms with Gasteiger partial charge in [-0.25, -0.2) is 9.78 Å². The van der Waals surface area contributed by atoms with Gasteiger partial charge < -0.3 is 15.4 Å². The molecule has 4 atom stereocenters. The molecule has 9 heteroatoms. The molecule has 1 amide bonds. The monoisotopic (exact) mass is 461 g/mol. The van der Waals surface area contributed by atoms with Gasteiger partial charge in [-0.1, -0.05) is 12.5 Å². The molecule has 1 heterocycles. The van der Waals surface area contributed by atoms with Gasteiger partial charge in [0.25, 0.3) is 5.91 Å². The number of rotatable bonds is 7. The number of fused-ring (bicyclic) bond motifs is 2. The molecule has 2 N–H and O–H groups in total. The summed E-state index contributed by atoms with van der Waals surface area (Å²) < 4.78 is 44.1. The number of nitrogens with zero attached hydrogens (tertiary/aromatic N) is 1. The average molecular weight is 461 g/mol. The third-order valence-corrected chi connectivity index (χ3v) is 6.64. The van der Waals surface area contributed by atoms with Crippen LogP contribution in [0, 0.1) is 17.8 Å². The van der Waals surface area contributed by atoms with E-state index < -0.39 is 24.3 Å². The number of hydrogen-bond donors (Lipinski definition) is 2. The predicted molar refractivity (Wildman–Crippen MR) is 116 cm³/mol. The number of carbonyl (C=O) groups excluding carboxylic acids is 2. The SMILES string of the molecule is C[C@H](NC(=O)COC(=O)c1cccnc1Nc1cccc(C(F)(F)F)c1)[C@@H]1C[C@@H]2CC[C@@H]1C2. The molecule has 0 saturated heterocycles. The number of esters is 1. The van der Waals surface area contributed by atoms with Crippen molar-refractivity contribution < 1.29 is 27.5 Å². The van der Waals surface area contributed by atoms with E-state index in [9.17, 15) is 22.8 Å². The first-order chi connectivity index (χ1) is 15.7. The Morgan fingerprint density at radius 3 is 2.70 bits per heavy atom. The van der Waals surface area contributed by atoms with Crippen molar-refractivity contribution in [1.82, 2.24) is 10.3 Å². The molecule has 0 aliphatic heterocycles. The molecule has 0 radical (unpaired) electrons. The van der Waals surface area contributed by atoms with E-state index in [1.807, 2.05) is 6.92 Å². The van der Waals surface area contributed by atoms with Gasteiger partial charge in [-0.05, 0) is 74.3 Å². The molecule has 33 heavy (non-hydrogen) atoms. The normalized spacial score (nSPS) is 22.6. The highest BCUT2D eigenvalue weighted by molar-refractivity contribution is 5.96. The minimum atomic E-state index is -4.49. The Morgan fingerprint density at radius 2 is 2.00 bits per heavy atom.